The van der Waals surface area contributed by atoms with Gasteiger partial charge in [-0.2, -0.15) is 0 Å². The maximum absolute atomic E-state index is 16.7. The third-order valence-electron chi connectivity index (χ3n) is 10.2. The van der Waals surface area contributed by atoms with Crippen LogP contribution < -0.4 is 21.3 Å². The molecule has 0 saturated heterocycles. The molecule has 0 spiro atoms. The number of hydrogen-bond acceptors (Lipinski definition) is 7. The van der Waals surface area contributed by atoms with E-state index in [-0.39, 0.29) is 25.4 Å². The average molecular weight is 773 g/mol. The first kappa shape index (κ1) is 45.0. The molecule has 1 saturated carbocycles. The van der Waals surface area contributed by atoms with Gasteiger partial charge in [-0.3, -0.25) is 19.6 Å². The second kappa shape index (κ2) is 21.1. The van der Waals surface area contributed by atoms with E-state index >= 15 is 8.78 Å². The summed E-state index contributed by atoms with van der Waals surface area (Å²) in [5.74, 6) is -7.21. The topological polar surface area (TPSA) is 169 Å². The van der Waals surface area contributed by atoms with Gasteiger partial charge in [-0.15, -0.1) is 0 Å². The van der Waals surface area contributed by atoms with Gasteiger partial charge in [-0.1, -0.05) is 85.8 Å². The van der Waals surface area contributed by atoms with Crippen LogP contribution in [0.5, 0.6) is 0 Å². The summed E-state index contributed by atoms with van der Waals surface area (Å²) in [7, 11) is 3.10. The Morgan fingerprint density at radius 2 is 1.18 bits per heavy atom. The van der Waals surface area contributed by atoms with E-state index in [9.17, 15) is 24.3 Å². The first-order valence-corrected chi connectivity index (χ1v) is 19.4. The Kier molecular flexibility index (Phi) is 17.2. The van der Waals surface area contributed by atoms with Crippen molar-refractivity contribution >= 4 is 23.9 Å². The number of aromatic nitrogens is 2. The normalized spacial score (nSPS) is 16.5. The molecular formula is C40H62F2N8O5. The maximum Gasteiger partial charge on any atom is 0.318 e. The Hall–Kier alpha value is -4.40. The van der Waals surface area contributed by atoms with Crippen molar-refractivity contribution in [1.82, 2.24) is 41.0 Å². The van der Waals surface area contributed by atoms with Gasteiger partial charge in [0.15, 0.2) is 0 Å². The molecular weight excluding hydrogens is 710 g/mol. The number of hydrogen-bond donors (Lipinski definition) is 5. The van der Waals surface area contributed by atoms with Crippen LogP contribution in [-0.2, 0) is 22.7 Å². The van der Waals surface area contributed by atoms with Gasteiger partial charge in [-0.05, 0) is 54.4 Å². The number of carbonyl (C=O) groups excluding carboxylic acids is 4. The van der Waals surface area contributed by atoms with E-state index in [4.69, 9.17) is 0 Å². The van der Waals surface area contributed by atoms with Crippen molar-refractivity contribution in [3.05, 3.63) is 60.2 Å². The van der Waals surface area contributed by atoms with Crippen molar-refractivity contribution in [3.63, 3.8) is 0 Å². The van der Waals surface area contributed by atoms with Gasteiger partial charge in [0.25, 0.3) is 5.92 Å². The summed E-state index contributed by atoms with van der Waals surface area (Å²) in [5, 5.41) is 22.2. The van der Waals surface area contributed by atoms with Crippen LogP contribution in [0.15, 0.2) is 48.8 Å². The Morgan fingerprint density at radius 3 is 1.58 bits per heavy atom. The van der Waals surface area contributed by atoms with E-state index < -0.39 is 77.8 Å². The number of aliphatic hydroxyl groups is 1. The summed E-state index contributed by atoms with van der Waals surface area (Å²) in [5.41, 5.74) is 1.27. The lowest BCUT2D eigenvalue weighted by Gasteiger charge is -2.40. The molecule has 2 heterocycles. The minimum absolute atomic E-state index is 0.0169. The number of aliphatic hydroxyl groups excluding tert-OH is 1. The van der Waals surface area contributed by atoms with Crippen molar-refractivity contribution in [2.45, 2.75) is 129 Å². The van der Waals surface area contributed by atoms with Gasteiger partial charge in [0.05, 0.1) is 36.6 Å². The zero-order valence-corrected chi connectivity index (χ0v) is 33.6. The summed E-state index contributed by atoms with van der Waals surface area (Å²) in [6.07, 6.45) is 5.29. The molecule has 0 aliphatic heterocycles. The first-order valence-electron chi connectivity index (χ1n) is 19.4. The molecule has 55 heavy (non-hydrogen) atoms. The smallest absolute Gasteiger partial charge is 0.318 e. The van der Waals surface area contributed by atoms with Crippen molar-refractivity contribution in [3.8, 4) is 0 Å². The van der Waals surface area contributed by atoms with E-state index in [1.807, 2.05) is 0 Å². The highest BCUT2D eigenvalue weighted by atomic mass is 19.3. The molecule has 0 radical (unpaired) electrons. The molecule has 2 aromatic heterocycles. The van der Waals surface area contributed by atoms with E-state index in [1.165, 1.54) is 30.7 Å². The third-order valence-corrected chi connectivity index (χ3v) is 10.2. The first-order chi connectivity index (χ1) is 25.9. The van der Waals surface area contributed by atoms with Gasteiger partial charge in [0.1, 0.15) is 18.2 Å². The Morgan fingerprint density at radius 1 is 0.727 bits per heavy atom. The molecule has 0 bridgehead atoms. The molecule has 1 fully saturated rings. The van der Waals surface area contributed by atoms with E-state index in [2.05, 4.69) is 31.2 Å². The lowest BCUT2D eigenvalue weighted by atomic mass is 9.81. The van der Waals surface area contributed by atoms with Gasteiger partial charge in [0.2, 0.25) is 11.8 Å². The van der Waals surface area contributed by atoms with Crippen LogP contribution in [0.3, 0.4) is 0 Å². The maximum atomic E-state index is 16.7. The molecule has 0 unspecified atom stereocenters. The molecule has 15 heteroatoms. The average Bonchev–Trinajstić information content (AvgIpc) is 3.14. The van der Waals surface area contributed by atoms with Gasteiger partial charge in [-0.25, -0.2) is 18.4 Å². The highest BCUT2D eigenvalue weighted by molar-refractivity contribution is 5.88. The minimum Gasteiger partial charge on any atom is -0.385 e. The second-order valence-corrected chi connectivity index (χ2v) is 15.9. The van der Waals surface area contributed by atoms with Gasteiger partial charge >= 0.3 is 12.1 Å². The number of urea groups is 2. The van der Waals surface area contributed by atoms with Crippen molar-refractivity contribution in [1.29, 1.82) is 0 Å². The SMILES string of the molecule is CC(C)[C@H](NC(=O)N(C)Cc1ccccn1)C(=O)N[C@@H](CC1CCCCC1)[C@@H](O)C(F)(F)[C@@H](NC(=O)[C@@H](NC(=O)N(C)Cc1ccccn1)C(C)C)C(C)C. The molecule has 1 aliphatic carbocycles. The Balaban J connectivity index is 1.80. The number of nitrogens with one attached hydrogen (secondary N) is 4. The molecule has 1 aliphatic rings. The van der Waals surface area contributed by atoms with Crippen LogP contribution in [0, 0.1) is 23.7 Å². The summed E-state index contributed by atoms with van der Waals surface area (Å²) >= 11 is 0. The zero-order chi connectivity index (χ0) is 40.9. The Bertz CT molecular complexity index is 1510. The molecule has 3 rings (SSSR count). The molecule has 306 valence electrons. The molecule has 5 atom stereocenters. The second-order valence-electron chi connectivity index (χ2n) is 15.9. The minimum atomic E-state index is -3.92. The van der Waals surface area contributed by atoms with Crippen molar-refractivity contribution in [2.24, 2.45) is 23.7 Å². The monoisotopic (exact) mass is 772 g/mol. The lowest BCUT2D eigenvalue weighted by Crippen LogP contribution is -2.65. The number of nitrogens with zero attached hydrogens (tertiary/aromatic N) is 4. The molecule has 13 nitrogen and oxygen atoms in total. The van der Waals surface area contributed by atoms with Crippen LogP contribution in [0.4, 0.5) is 18.4 Å². The quantitative estimate of drug-likeness (QED) is 0.141. The largest absolute Gasteiger partial charge is 0.385 e. The summed E-state index contributed by atoms with van der Waals surface area (Å²) < 4.78 is 33.5. The highest BCUT2D eigenvalue weighted by Crippen LogP contribution is 2.34. The van der Waals surface area contributed by atoms with Crippen molar-refractivity contribution in [2.75, 3.05) is 14.1 Å². The number of rotatable bonds is 18. The van der Waals surface area contributed by atoms with Crippen LogP contribution in [0.25, 0.3) is 0 Å². The number of amides is 6. The summed E-state index contributed by atoms with van der Waals surface area (Å²) in [6.45, 7) is 10.2. The number of carbonyl (C=O) groups is 4. The standard InChI is InChI=1S/C40H62F2N8O5/c1-25(2)32(46-38(54)49(7)23-29-18-12-14-20-43-29)36(52)45-31(22-28-16-10-9-11-17-28)35(51)40(41,42)34(27(5)6)48-37(53)33(26(3)4)47-39(55)50(8)24-30-19-13-15-21-44-30/h12-15,18-21,25-28,31-35,51H,9-11,16-17,22-24H2,1-8H3,(H,45,52)(H,46,54)(H,47,55)(H,48,53)/t31-,32-,33-,34-,35+/m0/s1. The van der Waals surface area contributed by atoms with Crippen LogP contribution in [-0.4, -0.2) is 99.0 Å². The number of alkyl halides is 2. The lowest BCUT2D eigenvalue weighted by molar-refractivity contribution is -0.162. The molecule has 5 N–H and O–H groups in total. The molecule has 2 aromatic rings. The van der Waals surface area contributed by atoms with Crippen LogP contribution >= 0.6 is 0 Å². The third kappa shape index (κ3) is 13.4. The predicted octanol–water partition coefficient (Wildman–Crippen LogP) is 5.10. The fourth-order valence-corrected chi connectivity index (χ4v) is 6.89. The summed E-state index contributed by atoms with van der Waals surface area (Å²) in [4.78, 5) is 65.0. The van der Waals surface area contributed by atoms with Crippen molar-refractivity contribution < 1.29 is 33.1 Å². The van der Waals surface area contributed by atoms with Crippen LogP contribution in [0.1, 0.15) is 91.5 Å². The summed E-state index contributed by atoms with van der Waals surface area (Å²) in [6, 6.07) is 3.97. The molecule has 0 aromatic carbocycles. The number of halogens is 2. The Labute approximate surface area is 324 Å². The van der Waals surface area contributed by atoms with E-state index in [0.29, 0.717) is 11.4 Å². The van der Waals surface area contributed by atoms with E-state index in [0.717, 1.165) is 32.1 Å². The van der Waals surface area contributed by atoms with Gasteiger partial charge < -0.3 is 36.2 Å². The molecule has 6 amide bonds. The fourth-order valence-electron chi connectivity index (χ4n) is 6.89. The number of pyridine rings is 2. The highest BCUT2D eigenvalue weighted by Gasteiger charge is 2.53. The van der Waals surface area contributed by atoms with Gasteiger partial charge in [0, 0.05) is 26.5 Å². The zero-order valence-electron chi connectivity index (χ0n) is 33.6. The fraction of sp³-hybridized carbons (Fsp3) is 0.650. The predicted molar refractivity (Wildman–Crippen MR) is 207 cm³/mol. The van der Waals surface area contributed by atoms with E-state index in [1.54, 1.807) is 83.5 Å². The van der Waals surface area contributed by atoms with Crippen LogP contribution in [0.2, 0.25) is 0 Å².